The van der Waals surface area contributed by atoms with Crippen LogP contribution in [0, 0.1) is 5.82 Å². The van der Waals surface area contributed by atoms with Gasteiger partial charge in [-0.1, -0.05) is 0 Å². The molecule has 0 spiro atoms. The fourth-order valence-electron chi connectivity index (χ4n) is 1.28. The van der Waals surface area contributed by atoms with E-state index in [-0.39, 0.29) is 18.0 Å². The number of hydrogen-bond donors (Lipinski definition) is 0. The maximum absolute atomic E-state index is 12.6. The molecule has 0 aliphatic rings. The number of rotatable bonds is 3. The number of tetrazole rings is 1. The van der Waals surface area contributed by atoms with Crippen molar-refractivity contribution in [1.29, 1.82) is 0 Å². The molecule has 0 amide bonds. The number of halogens is 1. The summed E-state index contributed by atoms with van der Waals surface area (Å²) in [6.07, 6.45) is 0.0689. The van der Waals surface area contributed by atoms with Gasteiger partial charge in [-0.2, -0.15) is 4.80 Å². The molecule has 0 aliphatic heterocycles. The van der Waals surface area contributed by atoms with Crippen molar-refractivity contribution >= 4 is 5.78 Å². The molecule has 0 aliphatic carbocycles. The molecule has 2 rings (SSSR count). The minimum atomic E-state index is -0.367. The van der Waals surface area contributed by atoms with Gasteiger partial charge in [-0.3, -0.25) is 4.79 Å². The summed E-state index contributed by atoms with van der Waals surface area (Å²) in [6, 6.07) is 5.37. The molecular weight excluding hydrogens is 211 g/mol. The lowest BCUT2D eigenvalue weighted by Crippen LogP contribution is -2.05. The first kappa shape index (κ1) is 10.4. The second-order valence-corrected chi connectivity index (χ2v) is 3.30. The quantitative estimate of drug-likeness (QED) is 0.717. The third-order valence-corrected chi connectivity index (χ3v) is 2.03. The van der Waals surface area contributed by atoms with Crippen LogP contribution in [0.15, 0.2) is 24.3 Å². The standard InChI is InChI=1S/C10H9FN4O/c1-15-13-10(12-14-15)6-9(16)7-2-4-8(11)5-3-7/h2-5H,6H2,1H3. The molecular formula is C10H9FN4O. The second kappa shape index (κ2) is 4.18. The molecule has 0 N–H and O–H groups in total. The average molecular weight is 220 g/mol. The third kappa shape index (κ3) is 2.28. The average Bonchev–Trinajstić information content (AvgIpc) is 2.65. The Bertz CT molecular complexity index is 506. The molecule has 2 aromatic rings. The van der Waals surface area contributed by atoms with Gasteiger partial charge in [0, 0.05) is 5.56 Å². The van der Waals surface area contributed by atoms with Crippen molar-refractivity contribution in [3.05, 3.63) is 41.5 Å². The van der Waals surface area contributed by atoms with Gasteiger partial charge in [0.15, 0.2) is 11.6 Å². The maximum atomic E-state index is 12.6. The summed E-state index contributed by atoms with van der Waals surface area (Å²) in [5, 5.41) is 11.2. The number of carbonyl (C=O) groups excluding carboxylic acids is 1. The predicted octanol–water partition coefficient (Wildman–Crippen LogP) is 0.775. The molecule has 0 radical (unpaired) electrons. The van der Waals surface area contributed by atoms with E-state index in [4.69, 9.17) is 0 Å². The van der Waals surface area contributed by atoms with E-state index in [9.17, 15) is 9.18 Å². The molecule has 82 valence electrons. The number of aryl methyl sites for hydroxylation is 1. The maximum Gasteiger partial charge on any atom is 0.182 e. The third-order valence-electron chi connectivity index (χ3n) is 2.03. The summed E-state index contributed by atoms with van der Waals surface area (Å²) >= 11 is 0. The van der Waals surface area contributed by atoms with Crippen LogP contribution in [0.3, 0.4) is 0 Å². The number of aromatic nitrogens is 4. The molecule has 1 aromatic carbocycles. The Balaban J connectivity index is 2.11. The summed E-state index contributed by atoms with van der Waals surface area (Å²) in [4.78, 5) is 13.0. The van der Waals surface area contributed by atoms with Crippen LogP contribution in [-0.4, -0.2) is 26.0 Å². The van der Waals surface area contributed by atoms with Crippen LogP contribution in [0.4, 0.5) is 4.39 Å². The van der Waals surface area contributed by atoms with Gasteiger partial charge in [0.1, 0.15) is 5.82 Å². The Morgan fingerprint density at radius 1 is 1.38 bits per heavy atom. The van der Waals surface area contributed by atoms with Crippen molar-refractivity contribution in [3.63, 3.8) is 0 Å². The molecule has 0 saturated carbocycles. The molecule has 1 heterocycles. The van der Waals surface area contributed by atoms with Crippen LogP contribution in [0.25, 0.3) is 0 Å². The summed E-state index contributed by atoms with van der Waals surface area (Å²) in [6.45, 7) is 0. The van der Waals surface area contributed by atoms with Crippen LogP contribution in [0.5, 0.6) is 0 Å². The van der Waals surface area contributed by atoms with Crippen LogP contribution in [-0.2, 0) is 13.5 Å². The first-order valence-electron chi connectivity index (χ1n) is 4.67. The lowest BCUT2D eigenvalue weighted by Gasteiger charge is -1.97. The number of nitrogens with zero attached hydrogens (tertiary/aromatic N) is 4. The summed E-state index contributed by atoms with van der Waals surface area (Å²) in [5.41, 5.74) is 0.439. The van der Waals surface area contributed by atoms with Crippen molar-refractivity contribution in [2.45, 2.75) is 6.42 Å². The van der Waals surface area contributed by atoms with Crippen LogP contribution < -0.4 is 0 Å². The van der Waals surface area contributed by atoms with E-state index in [1.54, 1.807) is 7.05 Å². The first-order chi connectivity index (χ1) is 7.65. The van der Waals surface area contributed by atoms with E-state index in [1.165, 1.54) is 29.1 Å². The number of hydrogen-bond acceptors (Lipinski definition) is 4. The van der Waals surface area contributed by atoms with E-state index in [2.05, 4.69) is 15.4 Å². The molecule has 16 heavy (non-hydrogen) atoms. The highest BCUT2D eigenvalue weighted by molar-refractivity contribution is 5.97. The SMILES string of the molecule is Cn1nnc(CC(=O)c2ccc(F)cc2)n1. The van der Waals surface area contributed by atoms with Gasteiger partial charge in [-0.05, 0) is 29.5 Å². The Hall–Kier alpha value is -2.11. The summed E-state index contributed by atoms with van der Waals surface area (Å²) in [7, 11) is 1.62. The number of ketones is 1. The van der Waals surface area contributed by atoms with Gasteiger partial charge in [0.05, 0.1) is 13.5 Å². The fourth-order valence-corrected chi connectivity index (χ4v) is 1.28. The zero-order valence-corrected chi connectivity index (χ0v) is 8.59. The van der Waals surface area contributed by atoms with Gasteiger partial charge < -0.3 is 0 Å². The van der Waals surface area contributed by atoms with Crippen molar-refractivity contribution < 1.29 is 9.18 Å². The Morgan fingerprint density at radius 2 is 2.06 bits per heavy atom. The first-order valence-corrected chi connectivity index (χ1v) is 4.67. The van der Waals surface area contributed by atoms with Crippen LogP contribution >= 0.6 is 0 Å². The number of carbonyl (C=O) groups is 1. The van der Waals surface area contributed by atoms with Crippen molar-refractivity contribution in [2.24, 2.45) is 7.05 Å². The van der Waals surface area contributed by atoms with Crippen molar-refractivity contribution in [3.8, 4) is 0 Å². The molecule has 0 unspecified atom stereocenters. The lowest BCUT2D eigenvalue weighted by molar-refractivity contribution is 0.0990. The Labute approximate surface area is 90.9 Å². The van der Waals surface area contributed by atoms with E-state index < -0.39 is 0 Å². The topological polar surface area (TPSA) is 60.7 Å². The van der Waals surface area contributed by atoms with Crippen LogP contribution in [0.1, 0.15) is 16.2 Å². The minimum Gasteiger partial charge on any atom is -0.294 e. The molecule has 0 saturated heterocycles. The molecule has 6 heteroatoms. The molecule has 0 fully saturated rings. The van der Waals surface area contributed by atoms with Crippen LogP contribution in [0.2, 0.25) is 0 Å². The fraction of sp³-hybridized carbons (Fsp3) is 0.200. The lowest BCUT2D eigenvalue weighted by atomic mass is 10.1. The van der Waals surface area contributed by atoms with E-state index in [0.29, 0.717) is 11.4 Å². The molecule has 0 atom stereocenters. The molecule has 0 bridgehead atoms. The highest BCUT2D eigenvalue weighted by Gasteiger charge is 2.10. The van der Waals surface area contributed by atoms with Crippen molar-refractivity contribution in [2.75, 3.05) is 0 Å². The zero-order chi connectivity index (χ0) is 11.5. The van der Waals surface area contributed by atoms with Gasteiger partial charge in [0.2, 0.25) is 0 Å². The highest BCUT2D eigenvalue weighted by Crippen LogP contribution is 2.05. The summed E-state index contributed by atoms with van der Waals surface area (Å²) < 4.78 is 12.6. The zero-order valence-electron chi connectivity index (χ0n) is 8.59. The van der Waals surface area contributed by atoms with E-state index in [1.807, 2.05) is 0 Å². The van der Waals surface area contributed by atoms with E-state index in [0.717, 1.165) is 0 Å². The molecule has 1 aromatic heterocycles. The highest BCUT2D eigenvalue weighted by atomic mass is 19.1. The smallest absolute Gasteiger partial charge is 0.182 e. The van der Waals surface area contributed by atoms with Gasteiger partial charge in [-0.25, -0.2) is 4.39 Å². The van der Waals surface area contributed by atoms with Crippen molar-refractivity contribution in [1.82, 2.24) is 20.2 Å². The normalized spacial score (nSPS) is 10.4. The Kier molecular flexibility index (Phi) is 2.72. The number of benzene rings is 1. The van der Waals surface area contributed by atoms with Gasteiger partial charge in [0.25, 0.3) is 0 Å². The monoisotopic (exact) mass is 220 g/mol. The van der Waals surface area contributed by atoms with E-state index >= 15 is 0 Å². The minimum absolute atomic E-state index is 0.0689. The Morgan fingerprint density at radius 3 is 2.62 bits per heavy atom. The van der Waals surface area contributed by atoms with Gasteiger partial charge >= 0.3 is 0 Å². The van der Waals surface area contributed by atoms with Gasteiger partial charge in [-0.15, -0.1) is 10.2 Å². The number of Topliss-reactive ketones (excluding diaryl/α,β-unsaturated/α-hetero) is 1. The molecule has 5 nitrogen and oxygen atoms in total. The predicted molar refractivity (Wildman–Crippen MR) is 53.2 cm³/mol. The summed E-state index contributed by atoms with van der Waals surface area (Å²) in [5.74, 6) is -0.168. The largest absolute Gasteiger partial charge is 0.294 e. The second-order valence-electron chi connectivity index (χ2n) is 3.30.